The summed E-state index contributed by atoms with van der Waals surface area (Å²) in [4.78, 5) is 2.18. The fourth-order valence-electron chi connectivity index (χ4n) is 1.61. The third kappa shape index (κ3) is 2.85. The maximum absolute atomic E-state index is 2.22. The van der Waals surface area contributed by atoms with Gasteiger partial charge in [0.2, 0.25) is 0 Å². The Bertz CT molecular complexity index is 326. The van der Waals surface area contributed by atoms with E-state index in [2.05, 4.69) is 60.7 Å². The molecular formula is C11H16IN3. The smallest absolute Gasteiger partial charge is 0.179 e. The van der Waals surface area contributed by atoms with Crippen molar-refractivity contribution in [2.45, 2.75) is 0 Å². The lowest BCUT2D eigenvalue weighted by Crippen LogP contribution is -3.14. The van der Waals surface area contributed by atoms with Crippen LogP contribution in [0, 0.1) is 0 Å². The van der Waals surface area contributed by atoms with Gasteiger partial charge in [0, 0.05) is 7.05 Å². The van der Waals surface area contributed by atoms with Crippen LogP contribution < -0.4 is 34.0 Å². The summed E-state index contributed by atoms with van der Waals surface area (Å²) in [6.45, 7) is 0.991. The molecule has 1 atom stereocenters. The van der Waals surface area contributed by atoms with Crippen molar-refractivity contribution in [3.05, 3.63) is 42.7 Å². The number of rotatable bonds is 2. The molecule has 0 aromatic heterocycles. The van der Waals surface area contributed by atoms with Crippen LogP contribution in [0.4, 0.5) is 5.69 Å². The average molecular weight is 317 g/mol. The van der Waals surface area contributed by atoms with E-state index in [9.17, 15) is 0 Å². The zero-order chi connectivity index (χ0) is 9.97. The van der Waals surface area contributed by atoms with E-state index in [1.165, 1.54) is 10.7 Å². The number of anilines is 1. The Morgan fingerprint density at radius 3 is 2.47 bits per heavy atom. The molecule has 1 aliphatic heterocycles. The van der Waals surface area contributed by atoms with Gasteiger partial charge in [0.25, 0.3) is 0 Å². The van der Waals surface area contributed by atoms with E-state index in [1.54, 1.807) is 0 Å². The van der Waals surface area contributed by atoms with E-state index in [-0.39, 0.29) is 24.0 Å². The lowest BCUT2D eigenvalue weighted by Gasteiger charge is -2.24. The van der Waals surface area contributed by atoms with Gasteiger partial charge < -0.3 is 28.9 Å². The van der Waals surface area contributed by atoms with Crippen LogP contribution in [0.25, 0.3) is 0 Å². The highest BCUT2D eigenvalue weighted by Crippen LogP contribution is 2.07. The molecule has 4 heteroatoms. The molecule has 0 fully saturated rings. The number of para-hydroxylation sites is 1. The molecule has 3 nitrogen and oxygen atoms in total. The number of benzene rings is 1. The first-order valence-corrected chi connectivity index (χ1v) is 4.80. The predicted molar refractivity (Wildman–Crippen MR) is 57.6 cm³/mol. The third-order valence-electron chi connectivity index (χ3n) is 2.51. The van der Waals surface area contributed by atoms with Crippen molar-refractivity contribution in [2.24, 2.45) is 0 Å². The minimum absolute atomic E-state index is 0. The second-order valence-electron chi connectivity index (χ2n) is 3.62. The number of hydrogen-bond acceptors (Lipinski definition) is 2. The van der Waals surface area contributed by atoms with Crippen molar-refractivity contribution in [2.75, 3.05) is 25.8 Å². The fraction of sp³-hybridized carbons (Fsp3) is 0.273. The molecule has 0 radical (unpaired) electrons. The van der Waals surface area contributed by atoms with Crippen molar-refractivity contribution in [1.82, 2.24) is 4.90 Å². The van der Waals surface area contributed by atoms with Crippen LogP contribution in [-0.2, 0) is 0 Å². The van der Waals surface area contributed by atoms with Crippen LogP contribution in [0.5, 0.6) is 0 Å². The highest BCUT2D eigenvalue weighted by atomic mass is 127. The van der Waals surface area contributed by atoms with Crippen molar-refractivity contribution in [3.8, 4) is 0 Å². The molecule has 15 heavy (non-hydrogen) atoms. The summed E-state index contributed by atoms with van der Waals surface area (Å²) in [6.07, 6.45) is 4.27. The van der Waals surface area contributed by atoms with Gasteiger partial charge in [-0.15, -0.1) is 0 Å². The second kappa shape index (κ2) is 5.37. The van der Waals surface area contributed by atoms with Gasteiger partial charge in [-0.25, -0.2) is 5.01 Å². The van der Waals surface area contributed by atoms with E-state index in [4.69, 9.17) is 0 Å². The number of nitrogens with one attached hydrogen (secondary N) is 1. The van der Waals surface area contributed by atoms with Gasteiger partial charge in [0.05, 0.1) is 18.9 Å². The first kappa shape index (κ1) is 12.3. The molecule has 0 bridgehead atoms. The Kier molecular flexibility index (Phi) is 4.41. The molecule has 0 saturated carbocycles. The summed E-state index contributed by atoms with van der Waals surface area (Å²) < 4.78 is 0. The molecule has 0 saturated heterocycles. The molecule has 2 rings (SSSR count). The molecule has 82 valence electrons. The zero-order valence-electron chi connectivity index (χ0n) is 9.02. The van der Waals surface area contributed by atoms with Crippen LogP contribution in [0.15, 0.2) is 42.7 Å². The summed E-state index contributed by atoms with van der Waals surface area (Å²) in [5.74, 6) is 0. The summed E-state index contributed by atoms with van der Waals surface area (Å²) >= 11 is 0. The van der Waals surface area contributed by atoms with E-state index in [1.807, 2.05) is 6.07 Å². The third-order valence-corrected chi connectivity index (χ3v) is 2.51. The summed E-state index contributed by atoms with van der Waals surface area (Å²) in [5.41, 5.74) is 1.24. The van der Waals surface area contributed by atoms with Crippen molar-refractivity contribution in [3.63, 3.8) is 0 Å². The summed E-state index contributed by atoms with van der Waals surface area (Å²) in [7, 11) is 4.19. The first-order chi connectivity index (χ1) is 6.77. The molecule has 1 aromatic carbocycles. The van der Waals surface area contributed by atoms with E-state index in [0.29, 0.717) is 0 Å². The van der Waals surface area contributed by atoms with Crippen LogP contribution in [0.3, 0.4) is 0 Å². The van der Waals surface area contributed by atoms with Gasteiger partial charge >= 0.3 is 0 Å². The largest absolute Gasteiger partial charge is 1.00 e. The monoisotopic (exact) mass is 317 g/mol. The average Bonchev–Trinajstić information content (AvgIpc) is 2.65. The first-order valence-electron chi connectivity index (χ1n) is 4.80. The molecule has 1 N–H and O–H groups in total. The number of quaternary nitrogens is 1. The van der Waals surface area contributed by atoms with E-state index in [0.717, 1.165) is 6.67 Å². The van der Waals surface area contributed by atoms with E-state index >= 15 is 0 Å². The normalized spacial score (nSPS) is 18.8. The van der Waals surface area contributed by atoms with Gasteiger partial charge in [0.1, 0.15) is 6.20 Å². The maximum Gasteiger partial charge on any atom is 0.179 e. The van der Waals surface area contributed by atoms with Crippen LogP contribution in [0.1, 0.15) is 0 Å². The van der Waals surface area contributed by atoms with Gasteiger partial charge in [-0.3, -0.25) is 0 Å². The lowest BCUT2D eigenvalue weighted by molar-refractivity contribution is -0.856. The molecule has 0 amide bonds. The molecule has 0 aliphatic carbocycles. The topological polar surface area (TPSA) is 10.9 Å². The van der Waals surface area contributed by atoms with Crippen molar-refractivity contribution in [1.29, 1.82) is 0 Å². The summed E-state index contributed by atoms with van der Waals surface area (Å²) in [5, 5.41) is 3.55. The van der Waals surface area contributed by atoms with Gasteiger partial charge in [0.15, 0.2) is 6.67 Å². The lowest BCUT2D eigenvalue weighted by atomic mass is 10.3. The van der Waals surface area contributed by atoms with Crippen molar-refractivity contribution >= 4 is 5.69 Å². The van der Waals surface area contributed by atoms with Crippen LogP contribution >= 0.6 is 0 Å². The Balaban J connectivity index is 0.00000112. The predicted octanol–water partition coefficient (Wildman–Crippen LogP) is -2.70. The maximum atomic E-state index is 2.22. The van der Waals surface area contributed by atoms with E-state index < -0.39 is 0 Å². The molecule has 1 unspecified atom stereocenters. The highest BCUT2D eigenvalue weighted by molar-refractivity contribution is 5.42. The van der Waals surface area contributed by atoms with Gasteiger partial charge in [-0.05, 0) is 12.1 Å². The Labute approximate surface area is 108 Å². The van der Waals surface area contributed by atoms with Crippen LogP contribution in [-0.4, -0.2) is 25.7 Å². The Morgan fingerprint density at radius 1 is 1.27 bits per heavy atom. The zero-order valence-corrected chi connectivity index (χ0v) is 11.2. The van der Waals surface area contributed by atoms with Gasteiger partial charge in [-0.2, -0.15) is 5.01 Å². The Hall–Kier alpha value is -0.750. The quantitative estimate of drug-likeness (QED) is 0.596. The fourth-order valence-corrected chi connectivity index (χ4v) is 1.61. The highest BCUT2D eigenvalue weighted by Gasteiger charge is 2.18. The van der Waals surface area contributed by atoms with Crippen LogP contribution in [0.2, 0.25) is 0 Å². The number of halogens is 1. The second-order valence-corrected chi connectivity index (χ2v) is 3.62. The molecule has 0 spiro atoms. The minimum Gasteiger partial charge on any atom is -1.00 e. The standard InChI is InChI=1S/C11H15N3.HI/c1-12-8-9-14(10-12)13(2)11-6-4-3-5-7-11;/h3-9H,10H2,1-2H3;1H. The SMILES string of the molecule is CN1C=C[NH+](N(C)c2ccccc2)C1.[I-]. The summed E-state index contributed by atoms with van der Waals surface area (Å²) in [6, 6.07) is 10.4. The molecule has 1 aromatic rings. The number of nitrogens with zero attached hydrogens (tertiary/aromatic N) is 2. The molecule has 1 heterocycles. The van der Waals surface area contributed by atoms with Crippen molar-refractivity contribution < 1.29 is 29.0 Å². The van der Waals surface area contributed by atoms with Gasteiger partial charge in [-0.1, -0.05) is 18.2 Å². The Morgan fingerprint density at radius 2 is 1.93 bits per heavy atom. The minimum atomic E-state index is 0. The molecule has 1 aliphatic rings. The molecular weight excluding hydrogens is 301 g/mol. The number of hydrogen-bond donors (Lipinski definition) is 1.